The first kappa shape index (κ1) is 31.0. The van der Waals surface area contributed by atoms with E-state index in [2.05, 4.69) is 5.32 Å². The van der Waals surface area contributed by atoms with Crippen LogP contribution < -0.4 is 14.4 Å². The van der Waals surface area contributed by atoms with Gasteiger partial charge in [0.2, 0.25) is 21.8 Å². The number of ether oxygens (including phenoxy) is 1. The van der Waals surface area contributed by atoms with Crippen LogP contribution in [0.3, 0.4) is 0 Å². The summed E-state index contributed by atoms with van der Waals surface area (Å²) in [6, 6.07) is 22.2. The van der Waals surface area contributed by atoms with Crippen LogP contribution in [0.15, 0.2) is 78.9 Å². The fraction of sp³-hybridized carbons (Fsp3) is 0.333. The molecule has 8 nitrogen and oxygen atoms in total. The fourth-order valence-electron chi connectivity index (χ4n) is 3.92. The normalized spacial score (nSPS) is 12.7. The Bertz CT molecular complexity index is 1380. The van der Waals surface area contributed by atoms with Crippen molar-refractivity contribution in [2.24, 2.45) is 0 Å². The zero-order valence-electron chi connectivity index (χ0n) is 23.2. The molecule has 0 heterocycles. The minimum Gasteiger partial charge on any atom is -0.489 e. The molecule has 0 aliphatic heterocycles. The van der Waals surface area contributed by atoms with Gasteiger partial charge < -0.3 is 15.0 Å². The summed E-state index contributed by atoms with van der Waals surface area (Å²) in [5.41, 5.74) is 1.95. The Morgan fingerprint density at radius 1 is 0.950 bits per heavy atom. The van der Waals surface area contributed by atoms with Gasteiger partial charge in [-0.05, 0) is 61.7 Å². The molecule has 3 aromatic rings. The van der Waals surface area contributed by atoms with Gasteiger partial charge >= 0.3 is 0 Å². The van der Waals surface area contributed by atoms with E-state index in [1.54, 1.807) is 55.5 Å². The number of carbonyl (C=O) groups is 2. The molecule has 2 amide bonds. The van der Waals surface area contributed by atoms with E-state index < -0.39 is 28.5 Å². The van der Waals surface area contributed by atoms with Gasteiger partial charge in [0.25, 0.3) is 0 Å². The van der Waals surface area contributed by atoms with Crippen LogP contribution in [0.1, 0.15) is 38.3 Å². The van der Waals surface area contributed by atoms with Crippen molar-refractivity contribution in [3.63, 3.8) is 0 Å². The Hall–Kier alpha value is -3.56. The van der Waals surface area contributed by atoms with Crippen molar-refractivity contribution in [3.05, 3.63) is 95.0 Å². The maximum Gasteiger partial charge on any atom is 0.244 e. The third kappa shape index (κ3) is 8.72. The monoisotopic (exact) mass is 585 g/mol. The summed E-state index contributed by atoms with van der Waals surface area (Å²) in [7, 11) is -3.85. The largest absolute Gasteiger partial charge is 0.489 e. The molecular formula is C30H36ClN3O5S. The van der Waals surface area contributed by atoms with Crippen molar-refractivity contribution in [1.29, 1.82) is 0 Å². The van der Waals surface area contributed by atoms with Crippen molar-refractivity contribution >= 4 is 39.1 Å². The highest BCUT2D eigenvalue weighted by molar-refractivity contribution is 7.92. The molecule has 10 heteroatoms. The van der Waals surface area contributed by atoms with Crippen molar-refractivity contribution < 1.29 is 22.7 Å². The van der Waals surface area contributed by atoms with Gasteiger partial charge in [-0.3, -0.25) is 13.9 Å². The predicted molar refractivity (Wildman–Crippen MR) is 159 cm³/mol. The van der Waals surface area contributed by atoms with Gasteiger partial charge in [-0.2, -0.15) is 0 Å². The number of halogens is 1. The predicted octanol–water partition coefficient (Wildman–Crippen LogP) is 5.02. The van der Waals surface area contributed by atoms with E-state index >= 15 is 0 Å². The van der Waals surface area contributed by atoms with Crippen molar-refractivity contribution in [2.75, 3.05) is 17.1 Å². The van der Waals surface area contributed by atoms with Crippen molar-refractivity contribution in [1.82, 2.24) is 10.2 Å². The van der Waals surface area contributed by atoms with E-state index in [1.165, 1.54) is 4.90 Å². The van der Waals surface area contributed by atoms with Crippen LogP contribution in [0.5, 0.6) is 5.75 Å². The number of nitrogens with zero attached hydrogens (tertiary/aromatic N) is 2. The molecule has 1 N–H and O–H groups in total. The third-order valence-corrected chi connectivity index (χ3v) is 8.03. The van der Waals surface area contributed by atoms with E-state index in [4.69, 9.17) is 16.3 Å². The van der Waals surface area contributed by atoms with Gasteiger partial charge in [0.15, 0.2) is 0 Å². The second-order valence-corrected chi connectivity index (χ2v) is 12.0. The molecule has 214 valence electrons. The number of hydrogen-bond donors (Lipinski definition) is 1. The van der Waals surface area contributed by atoms with Gasteiger partial charge in [0.1, 0.15) is 24.9 Å². The molecule has 3 aromatic carbocycles. The van der Waals surface area contributed by atoms with Gasteiger partial charge in [0, 0.05) is 17.6 Å². The van der Waals surface area contributed by atoms with Crippen LogP contribution in [-0.2, 0) is 32.8 Å². The molecule has 0 radical (unpaired) electrons. The molecular weight excluding hydrogens is 550 g/mol. The fourth-order valence-corrected chi connectivity index (χ4v) is 4.97. The average molecular weight is 586 g/mol. The van der Waals surface area contributed by atoms with Crippen LogP contribution >= 0.6 is 11.6 Å². The first-order valence-electron chi connectivity index (χ1n) is 13.1. The van der Waals surface area contributed by atoms with Crippen molar-refractivity contribution in [2.45, 2.75) is 52.4 Å². The zero-order valence-corrected chi connectivity index (χ0v) is 24.8. The highest BCUT2D eigenvalue weighted by Gasteiger charge is 2.30. The smallest absolute Gasteiger partial charge is 0.244 e. The number of sulfonamides is 1. The molecule has 3 rings (SSSR count). The molecule has 0 saturated carbocycles. The highest BCUT2D eigenvalue weighted by Crippen LogP contribution is 2.24. The molecule has 0 aliphatic carbocycles. The quantitative estimate of drug-likeness (QED) is 0.304. The van der Waals surface area contributed by atoms with E-state index in [1.807, 2.05) is 44.2 Å². The van der Waals surface area contributed by atoms with Crippen LogP contribution in [0.4, 0.5) is 5.69 Å². The van der Waals surface area contributed by atoms with Crippen LogP contribution in [0, 0.1) is 0 Å². The number of hydrogen-bond acceptors (Lipinski definition) is 5. The van der Waals surface area contributed by atoms with Crippen LogP contribution in [-0.4, -0.2) is 50.0 Å². The Labute approximate surface area is 241 Å². The summed E-state index contributed by atoms with van der Waals surface area (Å²) >= 11 is 6.36. The Balaban J connectivity index is 1.83. The minimum absolute atomic E-state index is 0.0392. The maximum absolute atomic E-state index is 13.7. The number of rotatable bonds is 13. The molecule has 0 bridgehead atoms. The number of carbonyl (C=O) groups excluding carboxylic acids is 2. The molecule has 0 unspecified atom stereocenters. The third-order valence-electron chi connectivity index (χ3n) is 6.52. The lowest BCUT2D eigenvalue weighted by Gasteiger charge is -2.32. The summed E-state index contributed by atoms with van der Waals surface area (Å²) < 4.78 is 32.5. The number of nitrogens with one attached hydrogen (secondary N) is 1. The lowest BCUT2D eigenvalue weighted by molar-refractivity contribution is -0.139. The highest BCUT2D eigenvalue weighted by atomic mass is 35.5. The maximum atomic E-state index is 13.7. The number of amides is 2. The van der Waals surface area contributed by atoms with E-state index in [-0.39, 0.29) is 18.5 Å². The van der Waals surface area contributed by atoms with E-state index in [9.17, 15) is 18.0 Å². The molecule has 2 atom stereocenters. The SMILES string of the molecule is CC[C@@H](C)NC(=O)[C@@H](C)N(Cc1ccccc1Cl)C(=O)CN(c1ccc(OCc2ccccc2)cc1)S(C)(=O)=O. The Morgan fingerprint density at radius 3 is 2.17 bits per heavy atom. The Morgan fingerprint density at radius 2 is 1.57 bits per heavy atom. The van der Waals surface area contributed by atoms with Crippen LogP contribution in [0.2, 0.25) is 5.02 Å². The summed E-state index contributed by atoms with van der Waals surface area (Å²) in [5.74, 6) is -0.315. The van der Waals surface area contributed by atoms with Gasteiger partial charge in [-0.15, -0.1) is 0 Å². The first-order valence-corrected chi connectivity index (χ1v) is 15.3. The first-order chi connectivity index (χ1) is 19.0. The molecule has 40 heavy (non-hydrogen) atoms. The Kier molecular flexibility index (Phi) is 11.0. The molecule has 0 aromatic heterocycles. The second-order valence-electron chi connectivity index (χ2n) is 9.64. The molecule has 0 aliphatic rings. The van der Waals surface area contributed by atoms with Gasteiger partial charge in [-0.1, -0.05) is 67.1 Å². The lowest BCUT2D eigenvalue weighted by Crippen LogP contribution is -2.52. The average Bonchev–Trinajstić information content (AvgIpc) is 2.94. The second kappa shape index (κ2) is 14.2. The van der Waals surface area contributed by atoms with E-state index in [0.717, 1.165) is 22.5 Å². The topological polar surface area (TPSA) is 96.0 Å². The summed E-state index contributed by atoms with van der Waals surface area (Å²) in [4.78, 5) is 28.0. The zero-order chi connectivity index (χ0) is 29.3. The summed E-state index contributed by atoms with van der Waals surface area (Å²) in [6.45, 7) is 5.36. The van der Waals surface area contributed by atoms with Crippen molar-refractivity contribution in [3.8, 4) is 5.75 Å². The molecule has 0 spiro atoms. The molecule has 0 fully saturated rings. The number of anilines is 1. The summed E-state index contributed by atoms with van der Waals surface area (Å²) in [6.07, 6.45) is 1.77. The van der Waals surface area contributed by atoms with Crippen LogP contribution in [0.25, 0.3) is 0 Å². The van der Waals surface area contributed by atoms with Gasteiger partial charge in [0.05, 0.1) is 11.9 Å². The minimum atomic E-state index is -3.85. The number of benzene rings is 3. The molecule has 0 saturated heterocycles. The van der Waals surface area contributed by atoms with E-state index in [0.29, 0.717) is 28.6 Å². The van der Waals surface area contributed by atoms with Gasteiger partial charge in [-0.25, -0.2) is 8.42 Å². The summed E-state index contributed by atoms with van der Waals surface area (Å²) in [5, 5.41) is 3.34. The lowest BCUT2D eigenvalue weighted by atomic mass is 10.1. The standard InChI is InChI=1S/C30H36ClN3O5S/c1-5-22(2)32-30(36)23(3)33(19-25-13-9-10-14-28(25)31)29(35)20-34(40(4,37)38)26-15-17-27(18-16-26)39-21-24-11-7-6-8-12-24/h6-18,22-23H,5,19-21H2,1-4H3,(H,32,36)/t22-,23-/m1/s1.